The quantitative estimate of drug-likeness (QED) is 0.507. The highest BCUT2D eigenvalue weighted by Gasteiger charge is 2.17. The van der Waals surface area contributed by atoms with Crippen LogP contribution in [0.1, 0.15) is 35.2 Å². The number of hydrogen-bond acceptors (Lipinski definition) is 5. The lowest BCUT2D eigenvalue weighted by molar-refractivity contribution is 0.0945. The first-order chi connectivity index (χ1) is 15.8. The van der Waals surface area contributed by atoms with Crippen molar-refractivity contribution in [3.63, 3.8) is 0 Å². The van der Waals surface area contributed by atoms with Crippen molar-refractivity contribution in [3.05, 3.63) is 84.1 Å². The molecule has 0 radical (unpaired) electrons. The van der Waals surface area contributed by atoms with Crippen LogP contribution in [0, 0.1) is 0 Å². The Balaban J connectivity index is 1.34. The molecule has 2 aromatic carbocycles. The van der Waals surface area contributed by atoms with Crippen molar-refractivity contribution in [2.75, 3.05) is 31.2 Å². The Morgan fingerprint density at radius 1 is 0.875 bits per heavy atom. The number of rotatable bonds is 9. The van der Waals surface area contributed by atoms with Crippen molar-refractivity contribution < 1.29 is 14.3 Å². The summed E-state index contributed by atoms with van der Waals surface area (Å²) < 4.78 is 11.5. The Labute approximate surface area is 189 Å². The van der Waals surface area contributed by atoms with Gasteiger partial charge in [-0.2, -0.15) is 0 Å². The first kappa shape index (κ1) is 21.7. The van der Waals surface area contributed by atoms with Gasteiger partial charge in [0.2, 0.25) is 0 Å². The molecule has 1 amide bonds. The molecule has 6 nitrogen and oxygen atoms in total. The predicted molar refractivity (Wildman–Crippen MR) is 125 cm³/mol. The van der Waals surface area contributed by atoms with E-state index in [-0.39, 0.29) is 5.91 Å². The van der Waals surface area contributed by atoms with E-state index in [4.69, 9.17) is 9.47 Å². The third-order valence-corrected chi connectivity index (χ3v) is 5.45. The molecule has 4 rings (SSSR count). The molecule has 0 spiro atoms. The molecule has 3 aromatic rings. The average molecular weight is 432 g/mol. The van der Waals surface area contributed by atoms with Gasteiger partial charge in [0.1, 0.15) is 30.5 Å². The van der Waals surface area contributed by atoms with Gasteiger partial charge in [0, 0.05) is 31.4 Å². The van der Waals surface area contributed by atoms with Gasteiger partial charge in [-0.1, -0.05) is 36.4 Å². The van der Waals surface area contributed by atoms with E-state index in [9.17, 15) is 4.79 Å². The summed E-state index contributed by atoms with van der Waals surface area (Å²) in [5.74, 6) is 2.14. The Kier molecular flexibility index (Phi) is 7.58. The number of carbonyl (C=O) groups excluding carboxylic acids is 1. The zero-order valence-corrected chi connectivity index (χ0v) is 18.2. The Morgan fingerprint density at radius 3 is 2.47 bits per heavy atom. The molecule has 2 heterocycles. The number of ether oxygens (including phenoxy) is 2. The summed E-state index contributed by atoms with van der Waals surface area (Å²) in [6, 6.07) is 20.8. The maximum Gasteiger partial charge on any atom is 0.255 e. The van der Waals surface area contributed by atoms with Crippen LogP contribution >= 0.6 is 0 Å². The normalized spacial score (nSPS) is 13.4. The monoisotopic (exact) mass is 431 g/mol. The number of piperidine rings is 1. The van der Waals surface area contributed by atoms with Gasteiger partial charge in [-0.15, -0.1) is 0 Å². The zero-order chi connectivity index (χ0) is 22.0. The number of para-hydroxylation sites is 2. The Hall–Kier alpha value is -3.54. The van der Waals surface area contributed by atoms with Crippen molar-refractivity contribution >= 4 is 11.7 Å². The van der Waals surface area contributed by atoms with Crippen LogP contribution in [0.5, 0.6) is 11.5 Å². The molecule has 32 heavy (non-hydrogen) atoms. The molecule has 1 aliphatic rings. The van der Waals surface area contributed by atoms with Gasteiger partial charge in [-0.05, 0) is 49.6 Å². The molecule has 1 aliphatic heterocycles. The second-order valence-corrected chi connectivity index (χ2v) is 7.72. The number of carbonyl (C=O) groups is 1. The van der Waals surface area contributed by atoms with Crippen LogP contribution in [0.25, 0.3) is 0 Å². The van der Waals surface area contributed by atoms with E-state index < -0.39 is 0 Å². The molecule has 1 saturated heterocycles. The van der Waals surface area contributed by atoms with E-state index in [1.54, 1.807) is 12.1 Å². The van der Waals surface area contributed by atoms with E-state index in [1.807, 2.05) is 60.8 Å². The maximum atomic E-state index is 12.9. The summed E-state index contributed by atoms with van der Waals surface area (Å²) >= 11 is 0. The van der Waals surface area contributed by atoms with E-state index in [1.165, 1.54) is 19.3 Å². The predicted octanol–water partition coefficient (Wildman–Crippen LogP) is 4.46. The van der Waals surface area contributed by atoms with Crippen LogP contribution in [0.15, 0.2) is 72.9 Å². The number of anilines is 1. The largest absolute Gasteiger partial charge is 0.490 e. The smallest absolute Gasteiger partial charge is 0.255 e. The number of benzene rings is 2. The molecule has 0 saturated carbocycles. The van der Waals surface area contributed by atoms with Crippen LogP contribution in [-0.2, 0) is 6.54 Å². The van der Waals surface area contributed by atoms with E-state index in [0.29, 0.717) is 31.1 Å². The van der Waals surface area contributed by atoms with E-state index in [2.05, 4.69) is 15.2 Å². The van der Waals surface area contributed by atoms with Crippen molar-refractivity contribution in [1.29, 1.82) is 0 Å². The highest BCUT2D eigenvalue weighted by molar-refractivity contribution is 5.96. The zero-order valence-electron chi connectivity index (χ0n) is 18.2. The molecule has 0 atom stereocenters. The minimum atomic E-state index is -0.168. The number of aromatic nitrogens is 1. The second kappa shape index (κ2) is 11.2. The molecule has 0 aliphatic carbocycles. The maximum absolute atomic E-state index is 12.9. The minimum absolute atomic E-state index is 0.168. The SMILES string of the molecule is O=C(NCc1cccnc1N1CCCCC1)c1ccccc1OCCOc1ccccc1. The molecule has 1 N–H and O–H groups in total. The molecule has 1 fully saturated rings. The number of nitrogens with zero attached hydrogens (tertiary/aromatic N) is 2. The van der Waals surface area contributed by atoms with Crippen molar-refractivity contribution in [3.8, 4) is 11.5 Å². The number of nitrogens with one attached hydrogen (secondary N) is 1. The van der Waals surface area contributed by atoms with Gasteiger partial charge in [-0.25, -0.2) is 4.98 Å². The van der Waals surface area contributed by atoms with Crippen molar-refractivity contribution in [1.82, 2.24) is 10.3 Å². The van der Waals surface area contributed by atoms with E-state index in [0.717, 1.165) is 30.2 Å². The lowest BCUT2D eigenvalue weighted by Gasteiger charge is -2.29. The molecule has 166 valence electrons. The van der Waals surface area contributed by atoms with Crippen LogP contribution in [-0.4, -0.2) is 37.2 Å². The van der Waals surface area contributed by atoms with Gasteiger partial charge in [-0.3, -0.25) is 4.79 Å². The first-order valence-corrected chi connectivity index (χ1v) is 11.2. The molecular weight excluding hydrogens is 402 g/mol. The third kappa shape index (κ3) is 5.78. The van der Waals surface area contributed by atoms with Crippen molar-refractivity contribution in [2.24, 2.45) is 0 Å². The van der Waals surface area contributed by atoms with Gasteiger partial charge < -0.3 is 19.7 Å². The summed E-state index contributed by atoms with van der Waals surface area (Å²) in [5.41, 5.74) is 1.54. The van der Waals surface area contributed by atoms with Crippen LogP contribution in [0.4, 0.5) is 5.82 Å². The fourth-order valence-corrected chi connectivity index (χ4v) is 3.84. The fraction of sp³-hybridized carbons (Fsp3) is 0.308. The highest BCUT2D eigenvalue weighted by Crippen LogP contribution is 2.22. The molecule has 0 unspecified atom stereocenters. The Morgan fingerprint density at radius 2 is 1.62 bits per heavy atom. The average Bonchev–Trinajstić information content (AvgIpc) is 2.87. The van der Waals surface area contributed by atoms with Crippen molar-refractivity contribution in [2.45, 2.75) is 25.8 Å². The summed E-state index contributed by atoms with van der Waals surface area (Å²) in [7, 11) is 0. The fourth-order valence-electron chi connectivity index (χ4n) is 3.84. The summed E-state index contributed by atoms with van der Waals surface area (Å²) in [6.45, 7) is 3.19. The standard InChI is InChI=1S/C26H29N3O3/c30-26(28-20-21-10-9-15-27-25(21)29-16-7-2-8-17-29)23-13-5-6-14-24(23)32-19-18-31-22-11-3-1-4-12-22/h1,3-6,9-15H,2,7-8,16-20H2,(H,28,30). The first-order valence-electron chi connectivity index (χ1n) is 11.2. The van der Waals surface area contributed by atoms with E-state index >= 15 is 0 Å². The van der Waals surface area contributed by atoms with Gasteiger partial charge >= 0.3 is 0 Å². The lowest BCUT2D eigenvalue weighted by Crippen LogP contribution is -2.32. The third-order valence-electron chi connectivity index (χ3n) is 5.45. The number of hydrogen-bond donors (Lipinski definition) is 1. The number of pyridine rings is 1. The molecule has 6 heteroatoms. The summed E-state index contributed by atoms with van der Waals surface area (Å²) in [5, 5.41) is 3.03. The van der Waals surface area contributed by atoms with Crippen LogP contribution in [0.3, 0.4) is 0 Å². The summed E-state index contributed by atoms with van der Waals surface area (Å²) in [6.07, 6.45) is 5.45. The second-order valence-electron chi connectivity index (χ2n) is 7.72. The van der Waals surface area contributed by atoms with Gasteiger partial charge in [0.15, 0.2) is 0 Å². The minimum Gasteiger partial charge on any atom is -0.490 e. The number of amides is 1. The molecule has 0 bridgehead atoms. The van der Waals surface area contributed by atoms with Gasteiger partial charge in [0.25, 0.3) is 5.91 Å². The van der Waals surface area contributed by atoms with Gasteiger partial charge in [0.05, 0.1) is 5.56 Å². The highest BCUT2D eigenvalue weighted by atomic mass is 16.5. The molecular formula is C26H29N3O3. The summed E-state index contributed by atoms with van der Waals surface area (Å²) in [4.78, 5) is 19.8. The van der Waals surface area contributed by atoms with Crippen LogP contribution in [0.2, 0.25) is 0 Å². The Bertz CT molecular complexity index is 1000. The lowest BCUT2D eigenvalue weighted by atomic mass is 10.1. The topological polar surface area (TPSA) is 63.7 Å². The van der Waals surface area contributed by atoms with Crippen LogP contribution < -0.4 is 19.7 Å². The molecule has 1 aromatic heterocycles.